The molecule has 0 saturated carbocycles. The van der Waals surface area contributed by atoms with Gasteiger partial charge in [-0.15, -0.1) is 0 Å². The van der Waals surface area contributed by atoms with E-state index in [1.807, 2.05) is 23.1 Å². The van der Waals surface area contributed by atoms with Crippen LogP contribution in [0.1, 0.15) is 17.5 Å². The minimum absolute atomic E-state index is 0.383. The molecule has 21 heavy (non-hydrogen) atoms. The number of pyridine rings is 1. The molecule has 0 saturated heterocycles. The zero-order chi connectivity index (χ0) is 15.1. The van der Waals surface area contributed by atoms with Crippen LogP contribution < -0.4 is 4.90 Å². The monoisotopic (exact) mass is 296 g/mol. The highest BCUT2D eigenvalue weighted by Crippen LogP contribution is 2.25. The summed E-state index contributed by atoms with van der Waals surface area (Å²) in [6.07, 6.45) is 3.88. The highest BCUT2D eigenvalue weighted by Gasteiger charge is 2.12. The van der Waals surface area contributed by atoms with Crippen molar-refractivity contribution in [1.29, 1.82) is 10.5 Å². The second kappa shape index (κ2) is 7.28. The van der Waals surface area contributed by atoms with Gasteiger partial charge in [0.25, 0.3) is 0 Å². The molecule has 0 radical (unpaired) electrons. The zero-order valence-corrected chi connectivity index (χ0v) is 12.1. The highest BCUT2D eigenvalue weighted by molar-refractivity contribution is 6.30. The quantitative estimate of drug-likeness (QED) is 0.846. The fourth-order valence-electron chi connectivity index (χ4n) is 2.06. The second-order valence-electron chi connectivity index (χ2n) is 4.46. The Kier molecular flexibility index (Phi) is 5.15. The molecule has 0 N–H and O–H groups in total. The topological polar surface area (TPSA) is 63.7 Å². The Morgan fingerprint density at radius 2 is 2.10 bits per heavy atom. The van der Waals surface area contributed by atoms with Crippen molar-refractivity contribution in [2.75, 3.05) is 11.4 Å². The fourth-order valence-corrected chi connectivity index (χ4v) is 2.23. The van der Waals surface area contributed by atoms with Crippen LogP contribution in [0.15, 0.2) is 42.7 Å². The van der Waals surface area contributed by atoms with Crippen molar-refractivity contribution in [3.8, 4) is 12.1 Å². The third kappa shape index (κ3) is 3.95. The van der Waals surface area contributed by atoms with Crippen LogP contribution in [-0.4, -0.2) is 11.5 Å². The molecule has 2 aromatic rings. The molecule has 4 nitrogen and oxygen atoms in total. The van der Waals surface area contributed by atoms with Crippen LogP contribution in [0.2, 0.25) is 5.02 Å². The van der Waals surface area contributed by atoms with E-state index in [1.165, 1.54) is 0 Å². The van der Waals surface area contributed by atoms with Crippen molar-refractivity contribution in [2.24, 2.45) is 0 Å². The van der Waals surface area contributed by atoms with E-state index >= 15 is 0 Å². The molecule has 1 aromatic carbocycles. The summed E-state index contributed by atoms with van der Waals surface area (Å²) in [5.41, 5.74) is 2.31. The van der Waals surface area contributed by atoms with E-state index in [4.69, 9.17) is 16.9 Å². The van der Waals surface area contributed by atoms with E-state index in [0.29, 0.717) is 30.1 Å². The zero-order valence-electron chi connectivity index (χ0n) is 11.3. The molecule has 1 heterocycles. The van der Waals surface area contributed by atoms with Gasteiger partial charge in [-0.05, 0) is 29.8 Å². The van der Waals surface area contributed by atoms with Crippen LogP contribution in [0.5, 0.6) is 0 Å². The van der Waals surface area contributed by atoms with Gasteiger partial charge in [0.2, 0.25) is 0 Å². The van der Waals surface area contributed by atoms with E-state index in [1.54, 1.807) is 24.5 Å². The molecule has 0 unspecified atom stereocenters. The lowest BCUT2D eigenvalue weighted by molar-refractivity contribution is 0.794. The summed E-state index contributed by atoms with van der Waals surface area (Å²) < 4.78 is 0. The van der Waals surface area contributed by atoms with Crippen molar-refractivity contribution in [2.45, 2.75) is 13.0 Å². The Balaban J connectivity index is 2.32. The maximum atomic E-state index is 9.27. The summed E-state index contributed by atoms with van der Waals surface area (Å²) in [4.78, 5) is 6.09. The maximum Gasteiger partial charge on any atom is 0.101 e. The average Bonchev–Trinajstić information content (AvgIpc) is 2.52. The van der Waals surface area contributed by atoms with Crippen LogP contribution in [0.3, 0.4) is 0 Å². The van der Waals surface area contributed by atoms with E-state index < -0.39 is 0 Å². The molecule has 0 aliphatic heterocycles. The Bertz CT molecular complexity index is 686. The van der Waals surface area contributed by atoms with E-state index in [0.717, 1.165) is 11.3 Å². The number of anilines is 1. The molecule has 0 aliphatic rings. The maximum absolute atomic E-state index is 9.27. The third-order valence-corrected chi connectivity index (χ3v) is 3.24. The van der Waals surface area contributed by atoms with Crippen LogP contribution >= 0.6 is 11.6 Å². The van der Waals surface area contributed by atoms with Gasteiger partial charge in [-0.3, -0.25) is 4.98 Å². The lowest BCUT2D eigenvalue weighted by atomic mass is 10.1. The largest absolute Gasteiger partial charge is 0.365 e. The predicted octanol–water partition coefficient (Wildman–Crippen LogP) is 3.53. The minimum Gasteiger partial charge on any atom is -0.365 e. The Morgan fingerprint density at radius 1 is 1.24 bits per heavy atom. The van der Waals surface area contributed by atoms with Crippen molar-refractivity contribution in [3.63, 3.8) is 0 Å². The molecule has 0 bridgehead atoms. The molecule has 0 spiro atoms. The highest BCUT2D eigenvalue weighted by atomic mass is 35.5. The molecule has 2 rings (SSSR count). The van der Waals surface area contributed by atoms with Gasteiger partial charge >= 0.3 is 0 Å². The van der Waals surface area contributed by atoms with Gasteiger partial charge in [0.05, 0.1) is 23.7 Å². The molecular weight excluding hydrogens is 284 g/mol. The predicted molar refractivity (Wildman–Crippen MR) is 81.7 cm³/mol. The average molecular weight is 297 g/mol. The Morgan fingerprint density at radius 3 is 2.76 bits per heavy atom. The summed E-state index contributed by atoms with van der Waals surface area (Å²) in [5.74, 6) is 0. The smallest absolute Gasteiger partial charge is 0.101 e. The SMILES string of the molecule is N#CCCN(Cc1cccnc1)c1ccc(Cl)cc1C#N. The molecular formula is C16H13ClN4. The van der Waals surface area contributed by atoms with Crippen LogP contribution in [0.25, 0.3) is 0 Å². The van der Waals surface area contributed by atoms with Gasteiger partial charge in [-0.1, -0.05) is 17.7 Å². The van der Waals surface area contributed by atoms with Gasteiger partial charge in [-0.2, -0.15) is 10.5 Å². The van der Waals surface area contributed by atoms with Crippen molar-refractivity contribution in [1.82, 2.24) is 4.98 Å². The third-order valence-electron chi connectivity index (χ3n) is 3.01. The van der Waals surface area contributed by atoms with Crippen molar-refractivity contribution >= 4 is 17.3 Å². The van der Waals surface area contributed by atoms with E-state index in [2.05, 4.69) is 17.1 Å². The Hall–Kier alpha value is -2.56. The van der Waals surface area contributed by atoms with Gasteiger partial charge < -0.3 is 4.90 Å². The minimum atomic E-state index is 0.383. The molecule has 0 aliphatic carbocycles. The standard InChI is InChI=1S/C16H13ClN4/c17-15-4-5-16(14(9-15)10-19)21(8-2-6-18)12-13-3-1-7-20-11-13/h1,3-5,7,9,11H,2,8,12H2. The summed E-state index contributed by atoms with van der Waals surface area (Å²) in [5, 5.41) is 18.6. The summed E-state index contributed by atoms with van der Waals surface area (Å²) >= 11 is 5.93. The first-order valence-corrected chi connectivity index (χ1v) is 6.83. The lowest BCUT2D eigenvalue weighted by Gasteiger charge is -2.25. The van der Waals surface area contributed by atoms with Crippen LogP contribution in [0.4, 0.5) is 5.69 Å². The summed E-state index contributed by atoms with van der Waals surface area (Å²) in [7, 11) is 0. The Labute approximate surface area is 128 Å². The number of rotatable bonds is 5. The molecule has 1 aromatic heterocycles. The number of aromatic nitrogens is 1. The first-order chi connectivity index (χ1) is 10.2. The fraction of sp³-hybridized carbons (Fsp3) is 0.188. The van der Waals surface area contributed by atoms with Gasteiger partial charge in [0, 0.05) is 30.5 Å². The normalized spacial score (nSPS) is 9.67. The molecule has 0 atom stereocenters. The number of hydrogen-bond donors (Lipinski definition) is 0. The van der Waals surface area contributed by atoms with Crippen LogP contribution in [0, 0.1) is 22.7 Å². The van der Waals surface area contributed by atoms with E-state index in [-0.39, 0.29) is 0 Å². The number of halogens is 1. The number of nitriles is 2. The van der Waals surface area contributed by atoms with Gasteiger partial charge in [0.1, 0.15) is 6.07 Å². The number of hydrogen-bond acceptors (Lipinski definition) is 4. The lowest BCUT2D eigenvalue weighted by Crippen LogP contribution is -2.24. The van der Waals surface area contributed by atoms with Crippen molar-refractivity contribution in [3.05, 3.63) is 58.9 Å². The first-order valence-electron chi connectivity index (χ1n) is 6.45. The molecule has 5 heteroatoms. The first kappa shape index (κ1) is 14.8. The molecule has 104 valence electrons. The number of nitrogens with zero attached hydrogens (tertiary/aromatic N) is 4. The molecule has 0 amide bonds. The summed E-state index contributed by atoms with van der Waals surface area (Å²) in [6.45, 7) is 1.13. The number of benzene rings is 1. The van der Waals surface area contributed by atoms with Crippen molar-refractivity contribution < 1.29 is 0 Å². The van der Waals surface area contributed by atoms with Gasteiger partial charge in [0.15, 0.2) is 0 Å². The van der Waals surface area contributed by atoms with Crippen LogP contribution in [-0.2, 0) is 6.54 Å². The van der Waals surface area contributed by atoms with E-state index in [9.17, 15) is 5.26 Å². The summed E-state index contributed by atoms with van der Waals surface area (Å²) in [6, 6.07) is 13.3. The van der Waals surface area contributed by atoms with Gasteiger partial charge in [-0.25, -0.2) is 0 Å². The molecule has 0 fully saturated rings. The second-order valence-corrected chi connectivity index (χ2v) is 4.90.